The first-order valence-electron chi connectivity index (χ1n) is 9.55. The van der Waals surface area contributed by atoms with E-state index in [1.54, 1.807) is 33.8 Å². The lowest BCUT2D eigenvalue weighted by Crippen LogP contribution is -2.18. The minimum absolute atomic E-state index is 0.132. The van der Waals surface area contributed by atoms with Crippen LogP contribution in [-0.4, -0.2) is 41.6 Å². The van der Waals surface area contributed by atoms with Crippen LogP contribution in [0, 0.1) is 19.7 Å². The van der Waals surface area contributed by atoms with Gasteiger partial charge in [0.1, 0.15) is 11.6 Å². The summed E-state index contributed by atoms with van der Waals surface area (Å²) >= 11 is 1.25. The number of tetrazole rings is 1. The zero-order valence-electron chi connectivity index (χ0n) is 17.0. The number of aryl methyl sites for hydroxylation is 1. The van der Waals surface area contributed by atoms with Gasteiger partial charge < -0.3 is 5.32 Å². The quantitative estimate of drug-likeness (QED) is 0.446. The maximum Gasteiger partial charge on any atom is 0.235 e. The molecule has 0 spiro atoms. The highest BCUT2D eigenvalue weighted by Gasteiger charge is 2.15. The van der Waals surface area contributed by atoms with Crippen molar-refractivity contribution in [1.82, 2.24) is 30.0 Å². The number of hydrogen-bond donors (Lipinski definition) is 1. The number of thioether (sulfide) groups is 1. The number of nitrogens with one attached hydrogen (secondary N) is 1. The van der Waals surface area contributed by atoms with Gasteiger partial charge in [-0.3, -0.25) is 4.79 Å². The summed E-state index contributed by atoms with van der Waals surface area (Å²) in [7, 11) is 0. The normalized spacial score (nSPS) is 10.9. The number of hydrogen-bond acceptors (Lipinski definition) is 6. The summed E-state index contributed by atoms with van der Waals surface area (Å²) in [5, 5.41) is 19.5. The number of benzene rings is 2. The van der Waals surface area contributed by atoms with Crippen LogP contribution in [-0.2, 0) is 11.3 Å². The molecule has 0 saturated heterocycles. The topological polar surface area (TPSA) is 90.5 Å². The van der Waals surface area contributed by atoms with Gasteiger partial charge in [-0.25, -0.2) is 9.07 Å². The number of anilines is 1. The summed E-state index contributed by atoms with van der Waals surface area (Å²) in [5.41, 5.74) is 3.97. The van der Waals surface area contributed by atoms with Gasteiger partial charge in [-0.05, 0) is 59.2 Å². The van der Waals surface area contributed by atoms with Crippen LogP contribution in [0.3, 0.4) is 0 Å². The summed E-state index contributed by atoms with van der Waals surface area (Å²) in [6.07, 6.45) is 1.60. The Morgan fingerprint density at radius 3 is 2.74 bits per heavy atom. The third-order valence-electron chi connectivity index (χ3n) is 4.81. The number of carbonyl (C=O) groups is 1. The number of aromatic nitrogens is 6. The zero-order valence-corrected chi connectivity index (χ0v) is 17.8. The lowest BCUT2D eigenvalue weighted by atomic mass is 10.1. The number of rotatable bonds is 7. The summed E-state index contributed by atoms with van der Waals surface area (Å²) < 4.78 is 16.4. The van der Waals surface area contributed by atoms with Crippen LogP contribution in [0.4, 0.5) is 10.2 Å². The molecule has 4 aromatic rings. The van der Waals surface area contributed by atoms with Gasteiger partial charge in [0.2, 0.25) is 11.1 Å². The van der Waals surface area contributed by atoms with Gasteiger partial charge in [0.15, 0.2) is 0 Å². The molecule has 0 saturated carbocycles. The van der Waals surface area contributed by atoms with Crippen LogP contribution in [0.5, 0.6) is 0 Å². The average Bonchev–Trinajstić information content (AvgIpc) is 3.40. The van der Waals surface area contributed by atoms with Crippen LogP contribution in [0.1, 0.15) is 16.7 Å². The molecule has 0 bridgehead atoms. The molecule has 1 amide bonds. The Morgan fingerprint density at radius 1 is 1.13 bits per heavy atom. The Morgan fingerprint density at radius 2 is 1.94 bits per heavy atom. The van der Waals surface area contributed by atoms with Crippen molar-refractivity contribution in [2.75, 3.05) is 11.1 Å². The molecule has 0 atom stereocenters. The maximum atomic E-state index is 13.1. The van der Waals surface area contributed by atoms with Crippen molar-refractivity contribution < 1.29 is 9.18 Å². The molecule has 10 heteroatoms. The second kappa shape index (κ2) is 9.09. The molecule has 2 heterocycles. The number of amides is 1. The molecule has 0 unspecified atom stereocenters. The predicted octanol–water partition coefficient (Wildman–Crippen LogP) is 3.39. The highest BCUT2D eigenvalue weighted by Crippen LogP contribution is 2.22. The summed E-state index contributed by atoms with van der Waals surface area (Å²) in [6.45, 7) is 4.45. The largest absolute Gasteiger partial charge is 0.310 e. The SMILES string of the molecule is Cc1cccc(-n2nnnc2SCC(=O)Nc2ccnn2Cc2ccc(F)cc2)c1C. The Hall–Kier alpha value is -3.53. The van der Waals surface area contributed by atoms with E-state index in [0.29, 0.717) is 17.5 Å². The number of carbonyl (C=O) groups excluding carboxylic acids is 1. The van der Waals surface area contributed by atoms with Crippen LogP contribution in [0.2, 0.25) is 0 Å². The van der Waals surface area contributed by atoms with E-state index in [1.165, 1.54) is 23.9 Å². The van der Waals surface area contributed by atoms with Gasteiger partial charge in [0.25, 0.3) is 0 Å². The van der Waals surface area contributed by atoms with Gasteiger partial charge in [0.05, 0.1) is 24.2 Å². The van der Waals surface area contributed by atoms with Gasteiger partial charge in [0, 0.05) is 6.07 Å². The molecule has 2 aromatic carbocycles. The molecule has 0 aliphatic carbocycles. The van der Waals surface area contributed by atoms with Crippen LogP contribution >= 0.6 is 11.8 Å². The van der Waals surface area contributed by atoms with E-state index in [0.717, 1.165) is 22.4 Å². The fourth-order valence-corrected chi connectivity index (χ4v) is 3.71. The molecule has 0 radical (unpaired) electrons. The molecule has 0 aliphatic rings. The minimum Gasteiger partial charge on any atom is -0.310 e. The minimum atomic E-state index is -0.294. The Bertz CT molecular complexity index is 1200. The first kappa shape index (κ1) is 20.7. The van der Waals surface area contributed by atoms with Crippen LogP contribution in [0.25, 0.3) is 5.69 Å². The van der Waals surface area contributed by atoms with Gasteiger partial charge >= 0.3 is 0 Å². The lowest BCUT2D eigenvalue weighted by molar-refractivity contribution is -0.113. The van der Waals surface area contributed by atoms with Crippen molar-refractivity contribution in [3.05, 3.63) is 77.2 Å². The van der Waals surface area contributed by atoms with Crippen LogP contribution < -0.4 is 5.32 Å². The number of halogens is 1. The van der Waals surface area contributed by atoms with E-state index >= 15 is 0 Å². The van der Waals surface area contributed by atoms with Crippen LogP contribution in [0.15, 0.2) is 59.9 Å². The molecule has 8 nitrogen and oxygen atoms in total. The molecule has 1 N–H and O–H groups in total. The van der Waals surface area contributed by atoms with E-state index in [4.69, 9.17) is 0 Å². The van der Waals surface area contributed by atoms with Crippen molar-refractivity contribution in [1.29, 1.82) is 0 Å². The van der Waals surface area contributed by atoms with E-state index in [9.17, 15) is 9.18 Å². The molecular formula is C21H20FN7OS. The first-order valence-corrected chi connectivity index (χ1v) is 10.5. The third-order valence-corrected chi connectivity index (χ3v) is 5.73. The van der Waals surface area contributed by atoms with Gasteiger partial charge in [-0.2, -0.15) is 9.78 Å². The maximum absolute atomic E-state index is 13.1. The molecule has 4 rings (SSSR count). The van der Waals surface area contributed by atoms with E-state index in [-0.39, 0.29) is 17.5 Å². The fraction of sp³-hybridized carbons (Fsp3) is 0.190. The zero-order chi connectivity index (χ0) is 21.8. The predicted molar refractivity (Wildman–Crippen MR) is 116 cm³/mol. The van der Waals surface area contributed by atoms with Gasteiger partial charge in [-0.15, -0.1) is 5.10 Å². The van der Waals surface area contributed by atoms with Crippen molar-refractivity contribution in [3.8, 4) is 5.69 Å². The lowest BCUT2D eigenvalue weighted by Gasteiger charge is -2.10. The van der Waals surface area contributed by atoms with E-state index in [1.807, 2.05) is 32.0 Å². The van der Waals surface area contributed by atoms with Crippen molar-refractivity contribution in [3.63, 3.8) is 0 Å². The standard InChI is InChI=1S/C21H20FN7OS/c1-14-4-3-5-18(15(14)2)29-21(25-26-27-29)31-13-20(30)24-19-10-11-23-28(19)12-16-6-8-17(22)9-7-16/h3-11H,12-13H2,1-2H3,(H,24,30). The molecule has 2 aromatic heterocycles. The molecule has 158 valence electrons. The smallest absolute Gasteiger partial charge is 0.235 e. The second-order valence-electron chi connectivity index (χ2n) is 6.93. The van der Waals surface area contributed by atoms with E-state index in [2.05, 4.69) is 25.9 Å². The Kier molecular flexibility index (Phi) is 6.08. The second-order valence-corrected chi connectivity index (χ2v) is 7.87. The average molecular weight is 438 g/mol. The number of nitrogens with zero attached hydrogens (tertiary/aromatic N) is 6. The van der Waals surface area contributed by atoms with Crippen molar-refractivity contribution in [2.45, 2.75) is 25.5 Å². The molecule has 0 fully saturated rings. The molecule has 31 heavy (non-hydrogen) atoms. The first-order chi connectivity index (χ1) is 15.0. The summed E-state index contributed by atoms with van der Waals surface area (Å²) in [5.74, 6) is 0.191. The fourth-order valence-electron chi connectivity index (χ4n) is 3.02. The van der Waals surface area contributed by atoms with E-state index < -0.39 is 0 Å². The summed E-state index contributed by atoms with van der Waals surface area (Å²) in [6, 6.07) is 13.8. The summed E-state index contributed by atoms with van der Waals surface area (Å²) in [4.78, 5) is 12.5. The Labute approximate surface area is 182 Å². The molecule has 0 aliphatic heterocycles. The van der Waals surface area contributed by atoms with Crippen molar-refractivity contribution >= 4 is 23.5 Å². The third kappa shape index (κ3) is 4.80. The van der Waals surface area contributed by atoms with Gasteiger partial charge in [-0.1, -0.05) is 36.0 Å². The Balaban J connectivity index is 1.40. The highest BCUT2D eigenvalue weighted by atomic mass is 32.2. The molecular weight excluding hydrogens is 417 g/mol. The van der Waals surface area contributed by atoms with Crippen molar-refractivity contribution in [2.24, 2.45) is 0 Å². The monoisotopic (exact) mass is 437 g/mol. The highest BCUT2D eigenvalue weighted by molar-refractivity contribution is 7.99.